The Balaban J connectivity index is 2.03. The minimum absolute atomic E-state index is 0.224. The van der Waals surface area contributed by atoms with Gasteiger partial charge in [-0.1, -0.05) is 37.3 Å². The molecule has 3 heteroatoms. The predicted octanol–water partition coefficient (Wildman–Crippen LogP) is 1.87. The van der Waals surface area contributed by atoms with E-state index in [4.69, 9.17) is 4.84 Å². The zero-order chi connectivity index (χ0) is 10.9. The average Bonchev–Trinajstić information content (AvgIpc) is 2.29. The van der Waals surface area contributed by atoms with E-state index < -0.39 is 0 Å². The Labute approximate surface area is 91.0 Å². The summed E-state index contributed by atoms with van der Waals surface area (Å²) < 4.78 is 0. The minimum atomic E-state index is -0.224. The molecule has 3 nitrogen and oxygen atoms in total. The Morgan fingerprint density at radius 3 is 2.73 bits per heavy atom. The summed E-state index contributed by atoms with van der Waals surface area (Å²) in [7, 11) is 0. The smallest absolute Gasteiger partial charge is 0.0933 e. The SMILES string of the molecule is CCC(O)CCNOCc1ccccc1. The molecule has 2 N–H and O–H groups in total. The van der Waals surface area contributed by atoms with Gasteiger partial charge in [0.1, 0.15) is 0 Å². The third-order valence-corrected chi connectivity index (χ3v) is 2.23. The van der Waals surface area contributed by atoms with Crippen molar-refractivity contribution in [3.8, 4) is 0 Å². The molecule has 0 aliphatic carbocycles. The first-order valence-electron chi connectivity index (χ1n) is 5.39. The summed E-state index contributed by atoms with van der Waals surface area (Å²) in [4.78, 5) is 5.25. The maximum Gasteiger partial charge on any atom is 0.0933 e. The second-order valence-corrected chi connectivity index (χ2v) is 3.52. The van der Waals surface area contributed by atoms with E-state index in [0.29, 0.717) is 13.2 Å². The number of hydrogen-bond acceptors (Lipinski definition) is 3. The Kier molecular flexibility index (Phi) is 6.00. The highest BCUT2D eigenvalue weighted by molar-refractivity contribution is 5.13. The van der Waals surface area contributed by atoms with E-state index in [-0.39, 0.29) is 6.10 Å². The predicted molar refractivity (Wildman–Crippen MR) is 60.1 cm³/mol. The van der Waals surface area contributed by atoms with E-state index in [0.717, 1.165) is 18.4 Å². The maximum absolute atomic E-state index is 9.28. The van der Waals surface area contributed by atoms with Crippen LogP contribution in [0, 0.1) is 0 Å². The number of benzene rings is 1. The molecule has 1 aromatic carbocycles. The summed E-state index contributed by atoms with van der Waals surface area (Å²) in [6.07, 6.45) is 1.30. The summed E-state index contributed by atoms with van der Waals surface area (Å²) in [5, 5.41) is 9.28. The van der Waals surface area contributed by atoms with Crippen LogP contribution in [0.4, 0.5) is 0 Å². The summed E-state index contributed by atoms with van der Waals surface area (Å²) in [5.74, 6) is 0. The van der Waals surface area contributed by atoms with Crippen LogP contribution in [-0.4, -0.2) is 17.8 Å². The molecule has 0 bridgehead atoms. The molecule has 1 rings (SSSR count). The third-order valence-electron chi connectivity index (χ3n) is 2.23. The number of hydroxylamine groups is 1. The lowest BCUT2D eigenvalue weighted by atomic mass is 10.2. The van der Waals surface area contributed by atoms with Crippen molar-refractivity contribution in [2.24, 2.45) is 0 Å². The molecule has 0 amide bonds. The second-order valence-electron chi connectivity index (χ2n) is 3.52. The van der Waals surface area contributed by atoms with Gasteiger partial charge in [0.2, 0.25) is 0 Å². The fraction of sp³-hybridized carbons (Fsp3) is 0.500. The number of rotatable bonds is 7. The summed E-state index contributed by atoms with van der Waals surface area (Å²) in [6.45, 7) is 3.21. The highest BCUT2D eigenvalue weighted by Crippen LogP contribution is 1.99. The molecule has 0 aliphatic rings. The van der Waals surface area contributed by atoms with Crippen LogP contribution in [0.2, 0.25) is 0 Å². The van der Waals surface area contributed by atoms with Crippen LogP contribution >= 0.6 is 0 Å². The zero-order valence-electron chi connectivity index (χ0n) is 9.15. The van der Waals surface area contributed by atoms with Crippen molar-refractivity contribution < 1.29 is 9.94 Å². The molecule has 0 fully saturated rings. The van der Waals surface area contributed by atoms with Crippen LogP contribution in [0.25, 0.3) is 0 Å². The number of nitrogens with one attached hydrogen (secondary N) is 1. The van der Waals surface area contributed by atoms with E-state index in [9.17, 15) is 5.11 Å². The monoisotopic (exact) mass is 209 g/mol. The maximum atomic E-state index is 9.28. The molecule has 15 heavy (non-hydrogen) atoms. The number of aliphatic hydroxyl groups is 1. The molecule has 0 spiro atoms. The molecule has 1 atom stereocenters. The van der Waals surface area contributed by atoms with E-state index >= 15 is 0 Å². The van der Waals surface area contributed by atoms with Crippen LogP contribution in [0.15, 0.2) is 30.3 Å². The topological polar surface area (TPSA) is 41.5 Å². The lowest BCUT2D eigenvalue weighted by molar-refractivity contribution is 0.0193. The fourth-order valence-corrected chi connectivity index (χ4v) is 1.21. The van der Waals surface area contributed by atoms with Crippen molar-refractivity contribution in [3.05, 3.63) is 35.9 Å². The highest BCUT2D eigenvalue weighted by atomic mass is 16.6. The minimum Gasteiger partial charge on any atom is -0.393 e. The highest BCUT2D eigenvalue weighted by Gasteiger charge is 1.99. The number of hydrogen-bond donors (Lipinski definition) is 2. The van der Waals surface area contributed by atoms with Gasteiger partial charge in [0.15, 0.2) is 0 Å². The Morgan fingerprint density at radius 1 is 1.33 bits per heavy atom. The Morgan fingerprint density at radius 2 is 2.07 bits per heavy atom. The van der Waals surface area contributed by atoms with Crippen molar-refractivity contribution in [1.29, 1.82) is 0 Å². The van der Waals surface area contributed by atoms with Gasteiger partial charge < -0.3 is 5.11 Å². The lowest BCUT2D eigenvalue weighted by Gasteiger charge is -2.08. The average molecular weight is 209 g/mol. The summed E-state index contributed by atoms with van der Waals surface area (Å²) in [6, 6.07) is 9.98. The molecule has 0 radical (unpaired) electrons. The van der Waals surface area contributed by atoms with E-state index in [1.165, 1.54) is 0 Å². The standard InChI is InChI=1S/C12H19NO2/c1-2-12(14)8-9-13-15-10-11-6-4-3-5-7-11/h3-7,12-14H,2,8-10H2,1H3. The molecule has 84 valence electrons. The van der Waals surface area contributed by atoms with Gasteiger partial charge in [-0.3, -0.25) is 4.84 Å². The van der Waals surface area contributed by atoms with E-state index in [1.54, 1.807) is 0 Å². The van der Waals surface area contributed by atoms with Crippen LogP contribution in [0.5, 0.6) is 0 Å². The normalized spacial score (nSPS) is 12.7. The van der Waals surface area contributed by atoms with Gasteiger partial charge >= 0.3 is 0 Å². The first-order valence-corrected chi connectivity index (χ1v) is 5.39. The first-order chi connectivity index (χ1) is 7.33. The molecular formula is C12H19NO2. The van der Waals surface area contributed by atoms with Crippen LogP contribution in [0.1, 0.15) is 25.3 Å². The number of aliphatic hydroxyl groups excluding tert-OH is 1. The van der Waals surface area contributed by atoms with E-state index in [1.807, 2.05) is 37.3 Å². The lowest BCUT2D eigenvalue weighted by Crippen LogP contribution is -2.20. The van der Waals surface area contributed by atoms with Crippen LogP contribution in [-0.2, 0) is 11.4 Å². The molecule has 0 aliphatic heterocycles. The first kappa shape index (κ1) is 12.2. The molecule has 0 aromatic heterocycles. The zero-order valence-corrected chi connectivity index (χ0v) is 9.15. The van der Waals surface area contributed by atoms with Gasteiger partial charge in [0.05, 0.1) is 12.7 Å². The second kappa shape index (κ2) is 7.40. The van der Waals surface area contributed by atoms with E-state index in [2.05, 4.69) is 5.48 Å². The van der Waals surface area contributed by atoms with Crippen molar-refractivity contribution in [2.75, 3.05) is 6.54 Å². The molecule has 1 aromatic rings. The van der Waals surface area contributed by atoms with Gasteiger partial charge in [0, 0.05) is 6.54 Å². The van der Waals surface area contributed by atoms with Crippen molar-refractivity contribution in [1.82, 2.24) is 5.48 Å². The van der Waals surface area contributed by atoms with Crippen molar-refractivity contribution in [3.63, 3.8) is 0 Å². The Bertz CT molecular complexity index is 251. The Hall–Kier alpha value is -0.900. The fourth-order valence-electron chi connectivity index (χ4n) is 1.21. The largest absolute Gasteiger partial charge is 0.393 e. The van der Waals surface area contributed by atoms with Gasteiger partial charge in [-0.25, -0.2) is 5.48 Å². The quantitative estimate of drug-likeness (QED) is 0.532. The molecule has 0 saturated heterocycles. The van der Waals surface area contributed by atoms with Crippen LogP contribution < -0.4 is 5.48 Å². The third kappa shape index (κ3) is 5.52. The van der Waals surface area contributed by atoms with Gasteiger partial charge in [-0.15, -0.1) is 0 Å². The van der Waals surface area contributed by atoms with Crippen molar-refractivity contribution in [2.45, 2.75) is 32.5 Å². The molecule has 1 unspecified atom stereocenters. The van der Waals surface area contributed by atoms with Crippen LogP contribution in [0.3, 0.4) is 0 Å². The molecule has 0 saturated carbocycles. The summed E-state index contributed by atoms with van der Waals surface area (Å²) >= 11 is 0. The van der Waals surface area contributed by atoms with Crippen molar-refractivity contribution >= 4 is 0 Å². The summed E-state index contributed by atoms with van der Waals surface area (Å²) in [5.41, 5.74) is 3.98. The molecular weight excluding hydrogens is 190 g/mol. The molecule has 0 heterocycles. The van der Waals surface area contributed by atoms with Gasteiger partial charge in [0.25, 0.3) is 0 Å². The van der Waals surface area contributed by atoms with Gasteiger partial charge in [-0.2, -0.15) is 0 Å². The van der Waals surface area contributed by atoms with Gasteiger partial charge in [-0.05, 0) is 18.4 Å².